The molecule has 0 bridgehead atoms. The summed E-state index contributed by atoms with van der Waals surface area (Å²) in [5, 5.41) is 18.8. The minimum atomic E-state index is -0.825. The predicted molar refractivity (Wildman–Crippen MR) is 57.4 cm³/mol. The van der Waals surface area contributed by atoms with Gasteiger partial charge in [0.25, 0.3) is 0 Å². The highest BCUT2D eigenvalue weighted by Crippen LogP contribution is 2.27. The molecule has 0 amide bonds. The number of aliphatic carboxylic acids is 1. The zero-order chi connectivity index (χ0) is 11.4. The lowest BCUT2D eigenvalue weighted by atomic mass is 10.0. The molecular weight excluding hydrogens is 194 g/mol. The molecule has 0 aromatic carbocycles. The number of rotatable bonds is 5. The Labute approximate surface area is 90.9 Å². The molecule has 2 unspecified atom stereocenters. The van der Waals surface area contributed by atoms with E-state index >= 15 is 0 Å². The average Bonchev–Trinajstić information content (AvgIpc) is 2.49. The molecule has 0 spiro atoms. The summed E-state index contributed by atoms with van der Waals surface area (Å²) < 4.78 is 0. The van der Waals surface area contributed by atoms with E-state index in [2.05, 4.69) is 6.92 Å². The number of hydrogen-bond donors (Lipinski definition) is 2. The van der Waals surface area contributed by atoms with E-state index in [1.165, 1.54) is 0 Å². The molecule has 1 heterocycles. The molecule has 1 saturated heterocycles. The van der Waals surface area contributed by atoms with Crippen molar-refractivity contribution in [2.75, 3.05) is 6.54 Å². The van der Waals surface area contributed by atoms with Crippen molar-refractivity contribution in [3.63, 3.8) is 0 Å². The number of aliphatic hydroxyl groups is 1. The van der Waals surface area contributed by atoms with E-state index in [1.807, 2.05) is 6.92 Å². The summed E-state index contributed by atoms with van der Waals surface area (Å²) >= 11 is 0. The molecule has 15 heavy (non-hydrogen) atoms. The number of likely N-dealkylation sites (tertiary alicyclic amines) is 1. The van der Waals surface area contributed by atoms with Crippen LogP contribution in [-0.4, -0.2) is 39.9 Å². The van der Waals surface area contributed by atoms with E-state index in [-0.39, 0.29) is 0 Å². The topological polar surface area (TPSA) is 60.8 Å². The maximum Gasteiger partial charge on any atom is 0.320 e. The van der Waals surface area contributed by atoms with Crippen molar-refractivity contribution in [2.45, 2.75) is 51.8 Å². The molecule has 0 saturated carbocycles. The lowest BCUT2D eigenvalue weighted by Gasteiger charge is -2.26. The highest BCUT2D eigenvalue weighted by molar-refractivity contribution is 5.73. The Hall–Kier alpha value is -0.610. The van der Waals surface area contributed by atoms with Crippen LogP contribution in [0, 0.1) is 5.92 Å². The first-order chi connectivity index (χ1) is 7.10. The molecule has 0 aliphatic carbocycles. The predicted octanol–water partition coefficient (Wildman–Crippen LogP) is 1.29. The van der Waals surface area contributed by atoms with Crippen LogP contribution < -0.4 is 0 Å². The summed E-state index contributed by atoms with van der Waals surface area (Å²) in [6.45, 7) is 4.68. The van der Waals surface area contributed by atoms with Gasteiger partial charge in [0.05, 0.1) is 0 Å². The summed E-state index contributed by atoms with van der Waals surface area (Å²) in [6.07, 6.45) is 2.87. The minimum absolute atomic E-state index is 0.457. The first kappa shape index (κ1) is 12.5. The number of carboxylic acids is 1. The van der Waals surface area contributed by atoms with Gasteiger partial charge in [-0.15, -0.1) is 0 Å². The smallest absolute Gasteiger partial charge is 0.320 e. The second-order valence-electron chi connectivity index (χ2n) is 4.33. The van der Waals surface area contributed by atoms with E-state index in [0.717, 1.165) is 25.8 Å². The van der Waals surface area contributed by atoms with Crippen molar-refractivity contribution in [2.24, 2.45) is 5.92 Å². The van der Waals surface area contributed by atoms with Crippen molar-refractivity contribution in [3.8, 4) is 0 Å². The normalized spacial score (nSPS) is 29.3. The molecule has 88 valence electrons. The Morgan fingerprint density at radius 3 is 2.67 bits per heavy atom. The lowest BCUT2D eigenvalue weighted by molar-refractivity contribution is -0.146. The Kier molecular flexibility index (Phi) is 4.54. The third-order valence-corrected chi connectivity index (χ3v) is 3.17. The Morgan fingerprint density at radius 1 is 1.53 bits per heavy atom. The maximum absolute atomic E-state index is 11.0. The van der Waals surface area contributed by atoms with Gasteiger partial charge in [-0.1, -0.05) is 20.3 Å². The fourth-order valence-electron chi connectivity index (χ4n) is 2.43. The van der Waals surface area contributed by atoms with Crippen molar-refractivity contribution >= 4 is 5.97 Å². The van der Waals surface area contributed by atoms with Crippen molar-refractivity contribution in [1.82, 2.24) is 4.90 Å². The van der Waals surface area contributed by atoms with E-state index in [0.29, 0.717) is 12.3 Å². The van der Waals surface area contributed by atoms with Gasteiger partial charge in [0.2, 0.25) is 0 Å². The summed E-state index contributed by atoms with van der Waals surface area (Å²) in [4.78, 5) is 12.7. The molecule has 0 radical (unpaired) electrons. The molecule has 1 fully saturated rings. The molecule has 2 N–H and O–H groups in total. The Balaban J connectivity index is 2.58. The Bertz CT molecular complexity index is 220. The molecule has 3 atom stereocenters. The molecule has 0 aromatic heterocycles. The first-order valence-electron chi connectivity index (χ1n) is 5.76. The highest BCUT2D eigenvalue weighted by Gasteiger charge is 2.36. The molecule has 0 aromatic rings. The second kappa shape index (κ2) is 5.47. The zero-order valence-corrected chi connectivity index (χ0v) is 9.52. The lowest BCUT2D eigenvalue weighted by Crippen LogP contribution is -2.43. The summed E-state index contributed by atoms with van der Waals surface area (Å²) in [6, 6.07) is -0.526. The van der Waals surface area contributed by atoms with Crippen LogP contribution in [0.25, 0.3) is 0 Å². The van der Waals surface area contributed by atoms with Gasteiger partial charge in [-0.2, -0.15) is 0 Å². The fraction of sp³-hybridized carbons (Fsp3) is 0.909. The third-order valence-electron chi connectivity index (χ3n) is 3.17. The largest absolute Gasteiger partial charge is 0.480 e. The van der Waals surface area contributed by atoms with Gasteiger partial charge in [-0.25, -0.2) is 0 Å². The van der Waals surface area contributed by atoms with E-state index in [4.69, 9.17) is 5.11 Å². The summed E-state index contributed by atoms with van der Waals surface area (Å²) in [5.41, 5.74) is 0. The van der Waals surface area contributed by atoms with Crippen LogP contribution in [0.2, 0.25) is 0 Å². The molecule has 4 nitrogen and oxygen atoms in total. The van der Waals surface area contributed by atoms with E-state index in [1.54, 1.807) is 4.90 Å². The van der Waals surface area contributed by atoms with Gasteiger partial charge in [0, 0.05) is 6.54 Å². The number of carbonyl (C=O) groups is 1. The second-order valence-corrected chi connectivity index (χ2v) is 4.33. The number of aliphatic hydroxyl groups excluding tert-OH is 1. The van der Waals surface area contributed by atoms with Crippen molar-refractivity contribution in [1.29, 1.82) is 0 Å². The molecule has 1 aliphatic rings. The fourth-order valence-corrected chi connectivity index (χ4v) is 2.43. The molecule has 1 aliphatic heterocycles. The van der Waals surface area contributed by atoms with Crippen molar-refractivity contribution < 1.29 is 15.0 Å². The quantitative estimate of drug-likeness (QED) is 0.725. The molecule has 1 rings (SSSR count). The Morgan fingerprint density at radius 2 is 2.20 bits per heavy atom. The van der Waals surface area contributed by atoms with Crippen molar-refractivity contribution in [3.05, 3.63) is 0 Å². The standard InChI is InChI=1S/C11H21NO3/c1-3-5-8-6-10(13)12(7-8)9(4-2)11(14)15/h8-10,13H,3-7H2,1-2H3,(H,14,15)/t8?,9-,10?/m0/s1. The van der Waals surface area contributed by atoms with Gasteiger partial charge in [0.1, 0.15) is 12.3 Å². The third kappa shape index (κ3) is 2.92. The first-order valence-corrected chi connectivity index (χ1v) is 5.76. The van der Waals surface area contributed by atoms with Crippen LogP contribution >= 0.6 is 0 Å². The monoisotopic (exact) mass is 215 g/mol. The van der Waals surface area contributed by atoms with Gasteiger partial charge in [-0.05, 0) is 25.2 Å². The van der Waals surface area contributed by atoms with E-state index in [9.17, 15) is 9.90 Å². The van der Waals surface area contributed by atoms with Gasteiger partial charge < -0.3 is 10.2 Å². The number of nitrogens with zero attached hydrogens (tertiary/aromatic N) is 1. The zero-order valence-electron chi connectivity index (χ0n) is 9.52. The SMILES string of the molecule is CCCC1CC(O)N([C@@H](CC)C(=O)O)C1. The van der Waals surface area contributed by atoms with Crippen LogP contribution in [0.4, 0.5) is 0 Å². The maximum atomic E-state index is 11.0. The highest BCUT2D eigenvalue weighted by atomic mass is 16.4. The molecular formula is C11H21NO3. The van der Waals surface area contributed by atoms with Crippen LogP contribution in [0.3, 0.4) is 0 Å². The van der Waals surface area contributed by atoms with Crippen LogP contribution in [0.5, 0.6) is 0 Å². The van der Waals surface area contributed by atoms with E-state index < -0.39 is 18.2 Å². The number of hydrogen-bond acceptors (Lipinski definition) is 3. The molecule has 4 heteroatoms. The summed E-state index contributed by atoms with van der Waals surface area (Å²) in [5.74, 6) is -0.368. The van der Waals surface area contributed by atoms with Gasteiger partial charge in [0.15, 0.2) is 0 Å². The number of carboxylic acid groups (broad SMARTS) is 1. The van der Waals surface area contributed by atoms with Gasteiger partial charge in [-0.3, -0.25) is 9.69 Å². The van der Waals surface area contributed by atoms with Crippen LogP contribution in [0.1, 0.15) is 39.5 Å². The van der Waals surface area contributed by atoms with Crippen LogP contribution in [0.15, 0.2) is 0 Å². The van der Waals surface area contributed by atoms with Crippen LogP contribution in [-0.2, 0) is 4.79 Å². The van der Waals surface area contributed by atoms with Gasteiger partial charge >= 0.3 is 5.97 Å². The minimum Gasteiger partial charge on any atom is -0.480 e. The average molecular weight is 215 g/mol. The summed E-state index contributed by atoms with van der Waals surface area (Å²) in [7, 11) is 0.